The molecule has 27 heavy (non-hydrogen) atoms. The van der Waals surface area contributed by atoms with Crippen molar-refractivity contribution >= 4 is 11.8 Å². The predicted octanol–water partition coefficient (Wildman–Crippen LogP) is 3.05. The van der Waals surface area contributed by atoms with Crippen LogP contribution in [0.1, 0.15) is 50.9 Å². The SMILES string of the molecule is CC(NC(=O)C1CC(=O)N(C2CCCC2)C1)c1ncc(-c2ccccc2)[nH]1. The van der Waals surface area contributed by atoms with Crippen LogP contribution in [-0.2, 0) is 9.59 Å². The summed E-state index contributed by atoms with van der Waals surface area (Å²) in [6.45, 7) is 2.46. The van der Waals surface area contributed by atoms with Crippen molar-refractivity contribution in [1.82, 2.24) is 20.2 Å². The number of likely N-dealkylation sites (tertiary alicyclic amines) is 1. The van der Waals surface area contributed by atoms with Crippen LogP contribution < -0.4 is 5.32 Å². The van der Waals surface area contributed by atoms with Crippen LogP contribution in [-0.4, -0.2) is 39.3 Å². The largest absolute Gasteiger partial charge is 0.346 e. The molecule has 2 amide bonds. The molecule has 6 heteroatoms. The van der Waals surface area contributed by atoms with Gasteiger partial charge in [-0.05, 0) is 25.3 Å². The lowest BCUT2D eigenvalue weighted by atomic mass is 10.1. The van der Waals surface area contributed by atoms with Crippen LogP contribution in [0.3, 0.4) is 0 Å². The summed E-state index contributed by atoms with van der Waals surface area (Å²) >= 11 is 0. The fraction of sp³-hybridized carbons (Fsp3) is 0.476. The third-order valence-corrected chi connectivity index (χ3v) is 5.74. The Labute approximate surface area is 159 Å². The van der Waals surface area contributed by atoms with E-state index in [0.717, 1.165) is 29.9 Å². The predicted molar refractivity (Wildman–Crippen MR) is 103 cm³/mol. The Balaban J connectivity index is 1.37. The van der Waals surface area contributed by atoms with E-state index in [-0.39, 0.29) is 23.8 Å². The van der Waals surface area contributed by atoms with Crippen molar-refractivity contribution in [2.45, 2.75) is 51.1 Å². The summed E-state index contributed by atoms with van der Waals surface area (Å²) in [5, 5.41) is 3.02. The molecule has 0 bridgehead atoms. The molecule has 2 atom stereocenters. The first kappa shape index (κ1) is 17.8. The van der Waals surface area contributed by atoms with Gasteiger partial charge in [-0.2, -0.15) is 0 Å². The lowest BCUT2D eigenvalue weighted by Crippen LogP contribution is -2.37. The first-order valence-electron chi connectivity index (χ1n) is 9.82. The van der Waals surface area contributed by atoms with Gasteiger partial charge in [-0.15, -0.1) is 0 Å². The number of aromatic nitrogens is 2. The monoisotopic (exact) mass is 366 g/mol. The number of hydrogen-bond donors (Lipinski definition) is 2. The first-order valence-corrected chi connectivity index (χ1v) is 9.82. The number of aromatic amines is 1. The molecule has 1 aromatic heterocycles. The van der Waals surface area contributed by atoms with E-state index in [2.05, 4.69) is 15.3 Å². The maximum Gasteiger partial charge on any atom is 0.226 e. The minimum Gasteiger partial charge on any atom is -0.346 e. The standard InChI is InChI=1S/C21H26N4O2/c1-14(20-22-12-18(24-20)15-7-3-2-4-8-15)23-21(27)16-11-19(26)25(13-16)17-9-5-6-10-17/h2-4,7-8,12,14,16-17H,5-6,9-11,13H2,1H3,(H,22,24)(H,23,27). The third-order valence-electron chi connectivity index (χ3n) is 5.74. The van der Waals surface area contributed by atoms with Crippen LogP contribution in [0, 0.1) is 5.92 Å². The molecule has 1 aliphatic carbocycles. The summed E-state index contributed by atoms with van der Waals surface area (Å²) in [6.07, 6.45) is 6.63. The number of nitrogens with one attached hydrogen (secondary N) is 2. The highest BCUT2D eigenvalue weighted by atomic mass is 16.2. The summed E-state index contributed by atoms with van der Waals surface area (Å²) in [5.41, 5.74) is 1.98. The lowest BCUT2D eigenvalue weighted by molar-refractivity contribution is -0.130. The fourth-order valence-electron chi connectivity index (χ4n) is 4.20. The minimum absolute atomic E-state index is 0.0611. The van der Waals surface area contributed by atoms with Gasteiger partial charge in [0.2, 0.25) is 11.8 Å². The van der Waals surface area contributed by atoms with Gasteiger partial charge in [0.1, 0.15) is 5.82 Å². The summed E-state index contributed by atoms with van der Waals surface area (Å²) in [5.74, 6) is 0.524. The van der Waals surface area contributed by atoms with E-state index in [0.29, 0.717) is 19.0 Å². The van der Waals surface area contributed by atoms with Gasteiger partial charge in [0, 0.05) is 19.0 Å². The van der Waals surface area contributed by atoms with Crippen molar-refractivity contribution in [3.05, 3.63) is 42.4 Å². The molecule has 2 fully saturated rings. The molecule has 4 rings (SSSR count). The van der Waals surface area contributed by atoms with Crippen molar-refractivity contribution in [3.63, 3.8) is 0 Å². The molecule has 1 aliphatic heterocycles. The van der Waals surface area contributed by atoms with E-state index >= 15 is 0 Å². The Morgan fingerprint density at radius 3 is 2.74 bits per heavy atom. The van der Waals surface area contributed by atoms with Gasteiger partial charge in [0.15, 0.2) is 0 Å². The molecule has 2 aliphatic rings. The van der Waals surface area contributed by atoms with Crippen molar-refractivity contribution < 1.29 is 9.59 Å². The summed E-state index contributed by atoms with van der Waals surface area (Å²) in [6, 6.07) is 10.1. The van der Waals surface area contributed by atoms with Crippen LogP contribution in [0.4, 0.5) is 0 Å². The highest BCUT2D eigenvalue weighted by Gasteiger charge is 2.39. The number of imidazole rings is 1. The quantitative estimate of drug-likeness (QED) is 0.854. The molecular weight excluding hydrogens is 340 g/mol. The van der Waals surface area contributed by atoms with E-state index < -0.39 is 0 Å². The van der Waals surface area contributed by atoms with E-state index in [1.165, 1.54) is 12.8 Å². The van der Waals surface area contributed by atoms with Crippen molar-refractivity contribution in [2.75, 3.05) is 6.54 Å². The van der Waals surface area contributed by atoms with Crippen LogP contribution in [0.25, 0.3) is 11.3 Å². The van der Waals surface area contributed by atoms with Gasteiger partial charge in [0.25, 0.3) is 0 Å². The third kappa shape index (κ3) is 3.75. The number of carbonyl (C=O) groups excluding carboxylic acids is 2. The molecule has 142 valence electrons. The molecule has 2 unspecified atom stereocenters. The fourth-order valence-corrected chi connectivity index (χ4v) is 4.20. The maximum absolute atomic E-state index is 12.7. The number of hydrogen-bond acceptors (Lipinski definition) is 3. The van der Waals surface area contributed by atoms with Gasteiger partial charge in [-0.3, -0.25) is 9.59 Å². The average Bonchev–Trinajstić information content (AvgIpc) is 3.42. The minimum atomic E-state index is -0.260. The molecule has 2 N–H and O–H groups in total. The molecule has 0 radical (unpaired) electrons. The van der Waals surface area contributed by atoms with Gasteiger partial charge in [-0.25, -0.2) is 4.98 Å². The Hall–Kier alpha value is -2.63. The van der Waals surface area contributed by atoms with Gasteiger partial charge < -0.3 is 15.2 Å². The second-order valence-electron chi connectivity index (χ2n) is 7.66. The zero-order valence-corrected chi connectivity index (χ0v) is 15.6. The summed E-state index contributed by atoms with van der Waals surface area (Å²) in [7, 11) is 0. The molecule has 2 aromatic rings. The van der Waals surface area contributed by atoms with Crippen molar-refractivity contribution in [1.29, 1.82) is 0 Å². The van der Waals surface area contributed by atoms with E-state index in [4.69, 9.17) is 0 Å². The second-order valence-corrected chi connectivity index (χ2v) is 7.66. The first-order chi connectivity index (χ1) is 13.1. The normalized spacial score (nSPS) is 21.6. The average molecular weight is 366 g/mol. The van der Waals surface area contributed by atoms with Gasteiger partial charge in [0.05, 0.1) is 23.9 Å². The van der Waals surface area contributed by atoms with Crippen LogP contribution in [0.15, 0.2) is 36.5 Å². The molecule has 1 saturated carbocycles. The Bertz CT molecular complexity index is 811. The van der Waals surface area contributed by atoms with Gasteiger partial charge in [-0.1, -0.05) is 43.2 Å². The van der Waals surface area contributed by atoms with E-state index in [9.17, 15) is 9.59 Å². The number of H-pyrrole nitrogens is 1. The van der Waals surface area contributed by atoms with Crippen molar-refractivity contribution in [2.24, 2.45) is 5.92 Å². The van der Waals surface area contributed by atoms with E-state index in [1.54, 1.807) is 6.20 Å². The zero-order valence-electron chi connectivity index (χ0n) is 15.6. The van der Waals surface area contributed by atoms with Crippen LogP contribution >= 0.6 is 0 Å². The molecule has 6 nitrogen and oxygen atoms in total. The van der Waals surface area contributed by atoms with Gasteiger partial charge >= 0.3 is 0 Å². The molecule has 0 spiro atoms. The molecule has 1 saturated heterocycles. The Morgan fingerprint density at radius 2 is 2.00 bits per heavy atom. The number of amides is 2. The number of benzene rings is 1. The summed E-state index contributed by atoms with van der Waals surface area (Å²) in [4.78, 5) is 34.6. The van der Waals surface area contributed by atoms with E-state index in [1.807, 2.05) is 42.2 Å². The highest BCUT2D eigenvalue weighted by Crippen LogP contribution is 2.30. The number of nitrogens with zero attached hydrogens (tertiary/aromatic N) is 2. The summed E-state index contributed by atoms with van der Waals surface area (Å²) < 4.78 is 0. The molecular formula is C21H26N4O2. The highest BCUT2D eigenvalue weighted by molar-refractivity contribution is 5.89. The van der Waals surface area contributed by atoms with Crippen molar-refractivity contribution in [3.8, 4) is 11.3 Å². The van der Waals surface area contributed by atoms with Crippen LogP contribution in [0.2, 0.25) is 0 Å². The van der Waals surface area contributed by atoms with Crippen LogP contribution in [0.5, 0.6) is 0 Å². The molecule has 1 aromatic carbocycles. The number of carbonyl (C=O) groups is 2. The Kier molecular flexibility index (Phi) is 4.97. The number of rotatable bonds is 5. The maximum atomic E-state index is 12.7. The molecule has 2 heterocycles. The smallest absolute Gasteiger partial charge is 0.226 e. The topological polar surface area (TPSA) is 78.1 Å². The Morgan fingerprint density at radius 1 is 1.26 bits per heavy atom. The lowest BCUT2D eigenvalue weighted by Gasteiger charge is -2.24. The zero-order chi connectivity index (χ0) is 18.8. The second kappa shape index (κ2) is 7.55.